The maximum absolute atomic E-state index is 12.3. The van der Waals surface area contributed by atoms with Crippen molar-refractivity contribution in [3.63, 3.8) is 0 Å². The Morgan fingerprint density at radius 2 is 1.90 bits per heavy atom. The van der Waals surface area contributed by atoms with Gasteiger partial charge in [-0.3, -0.25) is 14.4 Å². The zero-order valence-electron chi connectivity index (χ0n) is 11.3. The Morgan fingerprint density at radius 3 is 2.55 bits per heavy atom. The van der Waals surface area contributed by atoms with Crippen molar-refractivity contribution in [2.75, 3.05) is 26.2 Å². The highest BCUT2D eigenvalue weighted by Gasteiger charge is 2.36. The van der Waals surface area contributed by atoms with Crippen LogP contribution in [-0.4, -0.2) is 59.4 Å². The molecule has 3 heterocycles. The molecule has 0 aromatic carbocycles. The minimum atomic E-state index is -0.253. The Kier molecular flexibility index (Phi) is 3.42. The molecule has 20 heavy (non-hydrogen) atoms. The lowest BCUT2D eigenvalue weighted by molar-refractivity contribution is -0.134. The lowest BCUT2D eigenvalue weighted by Crippen LogP contribution is -2.38. The normalized spacial score (nSPS) is 25.9. The van der Waals surface area contributed by atoms with Crippen LogP contribution >= 0.6 is 0 Å². The number of hydrogen-bond acceptors (Lipinski definition) is 4. The third-order valence-corrected chi connectivity index (χ3v) is 4.13. The maximum atomic E-state index is 12.3. The monoisotopic (exact) mass is 278 g/mol. The van der Waals surface area contributed by atoms with Crippen molar-refractivity contribution in [2.45, 2.75) is 25.7 Å². The standard InChI is InChI=1S/C13H18N4O3/c18-11-7-10(14-15-11)13(20)17-6-3-9(8-17)12(19)16-4-1-2-5-16/h9H,1-8H2,(H,15,18). The summed E-state index contributed by atoms with van der Waals surface area (Å²) in [6.07, 6.45) is 2.90. The first-order chi connectivity index (χ1) is 9.65. The molecule has 2 fully saturated rings. The molecule has 108 valence electrons. The van der Waals surface area contributed by atoms with Gasteiger partial charge in [-0.05, 0) is 19.3 Å². The summed E-state index contributed by atoms with van der Waals surface area (Å²) in [6, 6.07) is 0. The molecule has 1 N–H and O–H groups in total. The third-order valence-electron chi connectivity index (χ3n) is 4.13. The van der Waals surface area contributed by atoms with E-state index in [2.05, 4.69) is 10.5 Å². The van der Waals surface area contributed by atoms with Gasteiger partial charge in [0.05, 0.1) is 12.3 Å². The number of hydrogen-bond donors (Lipinski definition) is 1. The molecule has 2 saturated heterocycles. The molecular formula is C13H18N4O3. The molecule has 7 nitrogen and oxygen atoms in total. The second-order valence-electron chi connectivity index (χ2n) is 5.54. The molecule has 1 unspecified atom stereocenters. The van der Waals surface area contributed by atoms with E-state index in [-0.39, 0.29) is 35.8 Å². The molecule has 3 aliphatic heterocycles. The van der Waals surface area contributed by atoms with Crippen molar-refractivity contribution in [3.8, 4) is 0 Å². The maximum Gasteiger partial charge on any atom is 0.270 e. The molecule has 0 aromatic rings. The summed E-state index contributed by atoms with van der Waals surface area (Å²) in [7, 11) is 0. The highest BCUT2D eigenvalue weighted by molar-refractivity contribution is 6.43. The number of nitrogens with one attached hydrogen (secondary N) is 1. The Labute approximate surface area is 117 Å². The van der Waals surface area contributed by atoms with Crippen LogP contribution in [0.3, 0.4) is 0 Å². The van der Waals surface area contributed by atoms with Crippen molar-refractivity contribution in [3.05, 3.63) is 0 Å². The molecule has 1 atom stereocenters. The van der Waals surface area contributed by atoms with Gasteiger partial charge in [0.25, 0.3) is 5.91 Å². The SMILES string of the molecule is O=C1CC(C(=O)N2CCC(C(=O)N3CCCC3)C2)=NN1. The third kappa shape index (κ3) is 2.39. The highest BCUT2D eigenvalue weighted by Crippen LogP contribution is 2.22. The number of hydrazone groups is 1. The smallest absolute Gasteiger partial charge is 0.270 e. The number of carbonyl (C=O) groups is 3. The Bertz CT molecular complexity index is 482. The van der Waals surface area contributed by atoms with E-state index in [0.717, 1.165) is 25.9 Å². The summed E-state index contributed by atoms with van der Waals surface area (Å²) in [6.45, 7) is 2.69. The van der Waals surface area contributed by atoms with E-state index in [1.54, 1.807) is 4.90 Å². The molecular weight excluding hydrogens is 260 g/mol. The molecule has 0 radical (unpaired) electrons. The molecule has 0 aliphatic carbocycles. The fourth-order valence-corrected chi connectivity index (χ4v) is 3.01. The van der Waals surface area contributed by atoms with Crippen LogP contribution in [0.15, 0.2) is 5.10 Å². The van der Waals surface area contributed by atoms with Gasteiger partial charge in [0.1, 0.15) is 5.71 Å². The summed E-state index contributed by atoms with van der Waals surface area (Å²) in [5.41, 5.74) is 2.53. The van der Waals surface area contributed by atoms with Crippen molar-refractivity contribution in [1.82, 2.24) is 15.2 Å². The van der Waals surface area contributed by atoms with Crippen LogP contribution in [0.1, 0.15) is 25.7 Å². The quantitative estimate of drug-likeness (QED) is 0.727. The van der Waals surface area contributed by atoms with Crippen LogP contribution in [0.25, 0.3) is 0 Å². The first kappa shape index (κ1) is 13.1. The van der Waals surface area contributed by atoms with Crippen LogP contribution in [0.5, 0.6) is 0 Å². The van der Waals surface area contributed by atoms with Crippen LogP contribution in [-0.2, 0) is 14.4 Å². The molecule has 0 bridgehead atoms. The van der Waals surface area contributed by atoms with E-state index in [1.807, 2.05) is 4.90 Å². The minimum Gasteiger partial charge on any atom is -0.342 e. The molecule has 7 heteroatoms. The molecule has 3 rings (SSSR count). The van der Waals surface area contributed by atoms with Gasteiger partial charge in [0, 0.05) is 26.2 Å². The topological polar surface area (TPSA) is 82.1 Å². The van der Waals surface area contributed by atoms with E-state index >= 15 is 0 Å². The summed E-state index contributed by atoms with van der Waals surface area (Å²) in [5, 5.41) is 3.74. The first-order valence-corrected chi connectivity index (χ1v) is 7.08. The molecule has 3 amide bonds. The van der Waals surface area contributed by atoms with Gasteiger partial charge in [-0.25, -0.2) is 5.43 Å². The second kappa shape index (κ2) is 5.22. The van der Waals surface area contributed by atoms with Gasteiger partial charge < -0.3 is 9.80 Å². The van der Waals surface area contributed by atoms with Crippen LogP contribution < -0.4 is 5.43 Å². The van der Waals surface area contributed by atoms with Gasteiger partial charge in [0.2, 0.25) is 11.8 Å². The Balaban J connectivity index is 1.57. The zero-order chi connectivity index (χ0) is 14.1. The van der Waals surface area contributed by atoms with Gasteiger partial charge >= 0.3 is 0 Å². The average Bonchev–Trinajstić information content (AvgIpc) is 3.18. The zero-order valence-corrected chi connectivity index (χ0v) is 11.3. The number of amides is 3. The van der Waals surface area contributed by atoms with Crippen LogP contribution in [0.4, 0.5) is 0 Å². The summed E-state index contributed by atoms with van der Waals surface area (Å²) in [4.78, 5) is 39.0. The number of nitrogens with zero attached hydrogens (tertiary/aromatic N) is 3. The fraction of sp³-hybridized carbons (Fsp3) is 0.692. The number of rotatable bonds is 2. The lowest BCUT2D eigenvalue weighted by atomic mass is 10.1. The van der Waals surface area contributed by atoms with Crippen LogP contribution in [0.2, 0.25) is 0 Å². The van der Waals surface area contributed by atoms with Gasteiger partial charge in [0.15, 0.2) is 0 Å². The molecule has 0 aromatic heterocycles. The van der Waals surface area contributed by atoms with Gasteiger partial charge in [-0.1, -0.05) is 0 Å². The second-order valence-corrected chi connectivity index (χ2v) is 5.54. The predicted octanol–water partition coefficient (Wildman–Crippen LogP) is -0.667. The van der Waals surface area contributed by atoms with Crippen molar-refractivity contribution in [1.29, 1.82) is 0 Å². The highest BCUT2D eigenvalue weighted by atomic mass is 16.2. The first-order valence-electron chi connectivity index (χ1n) is 7.08. The van der Waals surface area contributed by atoms with E-state index in [9.17, 15) is 14.4 Å². The summed E-state index contributed by atoms with van der Waals surface area (Å²) in [5.74, 6) is -0.402. The molecule has 0 spiro atoms. The largest absolute Gasteiger partial charge is 0.342 e. The van der Waals surface area contributed by atoms with Gasteiger partial charge in [-0.2, -0.15) is 5.10 Å². The van der Waals surface area contributed by atoms with Crippen molar-refractivity contribution < 1.29 is 14.4 Å². The van der Waals surface area contributed by atoms with E-state index in [1.165, 1.54) is 0 Å². The summed E-state index contributed by atoms with van der Waals surface area (Å²) < 4.78 is 0. The average molecular weight is 278 g/mol. The van der Waals surface area contributed by atoms with E-state index in [4.69, 9.17) is 0 Å². The number of likely N-dealkylation sites (tertiary alicyclic amines) is 2. The van der Waals surface area contributed by atoms with Crippen LogP contribution in [0, 0.1) is 5.92 Å². The molecule has 0 saturated carbocycles. The summed E-state index contributed by atoms with van der Waals surface area (Å²) >= 11 is 0. The molecule has 3 aliphatic rings. The number of carbonyl (C=O) groups excluding carboxylic acids is 3. The van der Waals surface area contributed by atoms with Crippen molar-refractivity contribution in [2.24, 2.45) is 11.0 Å². The van der Waals surface area contributed by atoms with E-state index < -0.39 is 0 Å². The van der Waals surface area contributed by atoms with E-state index in [0.29, 0.717) is 19.5 Å². The Hall–Kier alpha value is -1.92. The predicted molar refractivity (Wildman–Crippen MR) is 70.7 cm³/mol. The van der Waals surface area contributed by atoms with Gasteiger partial charge in [-0.15, -0.1) is 0 Å². The van der Waals surface area contributed by atoms with Crippen molar-refractivity contribution >= 4 is 23.4 Å². The minimum absolute atomic E-state index is 0.0417. The fourth-order valence-electron chi connectivity index (χ4n) is 3.01. The Morgan fingerprint density at radius 1 is 1.15 bits per heavy atom. The lowest BCUT2D eigenvalue weighted by Gasteiger charge is -2.20.